The van der Waals surface area contributed by atoms with Gasteiger partial charge in [-0.2, -0.15) is 0 Å². The smallest absolute Gasteiger partial charge is 0.258 e. The van der Waals surface area contributed by atoms with E-state index in [2.05, 4.69) is 15.3 Å². The van der Waals surface area contributed by atoms with Gasteiger partial charge in [-0.15, -0.1) is 0 Å². The van der Waals surface area contributed by atoms with Crippen molar-refractivity contribution in [2.24, 2.45) is 0 Å². The molecule has 0 aliphatic carbocycles. The van der Waals surface area contributed by atoms with E-state index in [1.807, 2.05) is 50.2 Å². The SMILES string of the molecule is CCOc1ccc(OCC(=O)NC(C)c2nc3ccccc3[nH]2)cc1. The Morgan fingerprint density at radius 2 is 1.80 bits per heavy atom. The first kappa shape index (κ1) is 16.8. The summed E-state index contributed by atoms with van der Waals surface area (Å²) in [5, 5.41) is 2.88. The summed E-state index contributed by atoms with van der Waals surface area (Å²) in [5.41, 5.74) is 1.83. The highest BCUT2D eigenvalue weighted by molar-refractivity contribution is 5.78. The number of amides is 1. The highest BCUT2D eigenvalue weighted by Gasteiger charge is 2.14. The number of imidazole rings is 1. The van der Waals surface area contributed by atoms with Crippen molar-refractivity contribution >= 4 is 16.9 Å². The Labute approximate surface area is 146 Å². The summed E-state index contributed by atoms with van der Waals surface area (Å²) in [5.74, 6) is 1.91. The number of rotatable bonds is 7. The number of aromatic amines is 1. The average molecular weight is 339 g/mol. The maximum absolute atomic E-state index is 12.1. The van der Waals surface area contributed by atoms with Crippen molar-refractivity contribution in [3.8, 4) is 11.5 Å². The fourth-order valence-electron chi connectivity index (χ4n) is 2.48. The summed E-state index contributed by atoms with van der Waals surface area (Å²) in [7, 11) is 0. The minimum atomic E-state index is -0.233. The number of aromatic nitrogens is 2. The van der Waals surface area contributed by atoms with Gasteiger partial charge in [0.2, 0.25) is 0 Å². The number of para-hydroxylation sites is 2. The van der Waals surface area contributed by atoms with Crippen LogP contribution in [0.3, 0.4) is 0 Å². The Hall–Kier alpha value is -3.02. The molecule has 1 unspecified atom stereocenters. The lowest BCUT2D eigenvalue weighted by molar-refractivity contribution is -0.123. The van der Waals surface area contributed by atoms with E-state index in [1.165, 1.54) is 0 Å². The average Bonchev–Trinajstić information content (AvgIpc) is 3.06. The van der Waals surface area contributed by atoms with Gasteiger partial charge >= 0.3 is 0 Å². The van der Waals surface area contributed by atoms with Crippen LogP contribution in [0.1, 0.15) is 25.7 Å². The van der Waals surface area contributed by atoms with Crippen molar-refractivity contribution in [1.29, 1.82) is 0 Å². The molecule has 1 atom stereocenters. The Bertz CT molecular complexity index is 810. The molecule has 1 amide bonds. The molecular weight excluding hydrogens is 318 g/mol. The van der Waals surface area contributed by atoms with Crippen LogP contribution in [0.2, 0.25) is 0 Å². The van der Waals surface area contributed by atoms with E-state index < -0.39 is 0 Å². The molecule has 130 valence electrons. The number of hydrogen-bond donors (Lipinski definition) is 2. The van der Waals surface area contributed by atoms with E-state index in [1.54, 1.807) is 12.1 Å². The van der Waals surface area contributed by atoms with Crippen LogP contribution < -0.4 is 14.8 Å². The number of ether oxygens (including phenoxy) is 2. The zero-order chi connectivity index (χ0) is 17.6. The molecule has 0 saturated heterocycles. The molecule has 0 aliphatic rings. The van der Waals surface area contributed by atoms with Crippen LogP contribution in [0.15, 0.2) is 48.5 Å². The third kappa shape index (κ3) is 4.29. The molecule has 6 heteroatoms. The molecule has 6 nitrogen and oxygen atoms in total. The van der Waals surface area contributed by atoms with E-state index in [0.29, 0.717) is 12.4 Å². The quantitative estimate of drug-likeness (QED) is 0.693. The highest BCUT2D eigenvalue weighted by Crippen LogP contribution is 2.18. The van der Waals surface area contributed by atoms with Crippen LogP contribution in [0, 0.1) is 0 Å². The number of H-pyrrole nitrogens is 1. The van der Waals surface area contributed by atoms with Gasteiger partial charge in [0.15, 0.2) is 6.61 Å². The second kappa shape index (κ2) is 7.70. The lowest BCUT2D eigenvalue weighted by atomic mass is 10.3. The first-order valence-electron chi connectivity index (χ1n) is 8.25. The van der Waals surface area contributed by atoms with Crippen LogP contribution in [0.4, 0.5) is 0 Å². The van der Waals surface area contributed by atoms with Crippen molar-refractivity contribution in [2.75, 3.05) is 13.2 Å². The van der Waals surface area contributed by atoms with Crippen molar-refractivity contribution < 1.29 is 14.3 Å². The Kier molecular flexibility index (Phi) is 5.18. The molecule has 25 heavy (non-hydrogen) atoms. The summed E-state index contributed by atoms with van der Waals surface area (Å²) < 4.78 is 10.9. The molecule has 0 fully saturated rings. The van der Waals surface area contributed by atoms with Gasteiger partial charge in [-0.25, -0.2) is 4.98 Å². The number of hydrogen-bond acceptors (Lipinski definition) is 4. The summed E-state index contributed by atoms with van der Waals surface area (Å²) in [6.45, 7) is 4.37. The van der Waals surface area contributed by atoms with E-state index >= 15 is 0 Å². The van der Waals surface area contributed by atoms with Gasteiger partial charge in [0.25, 0.3) is 5.91 Å². The summed E-state index contributed by atoms with van der Waals surface area (Å²) in [6.07, 6.45) is 0. The molecule has 3 rings (SSSR count). The van der Waals surface area contributed by atoms with Crippen LogP contribution in [-0.4, -0.2) is 29.1 Å². The van der Waals surface area contributed by atoms with E-state index in [0.717, 1.165) is 22.6 Å². The van der Waals surface area contributed by atoms with Crippen LogP contribution in [-0.2, 0) is 4.79 Å². The second-order valence-electron chi connectivity index (χ2n) is 5.62. The molecule has 0 radical (unpaired) electrons. The van der Waals surface area contributed by atoms with E-state index in [-0.39, 0.29) is 18.6 Å². The topological polar surface area (TPSA) is 76.2 Å². The molecule has 0 saturated carbocycles. The normalized spacial score (nSPS) is 11.9. The van der Waals surface area contributed by atoms with Crippen molar-refractivity contribution in [3.63, 3.8) is 0 Å². The molecule has 2 aromatic carbocycles. The number of benzene rings is 2. The first-order chi connectivity index (χ1) is 12.2. The minimum Gasteiger partial charge on any atom is -0.494 e. The Morgan fingerprint density at radius 3 is 2.48 bits per heavy atom. The number of carbonyl (C=O) groups is 1. The van der Waals surface area contributed by atoms with Gasteiger partial charge < -0.3 is 19.8 Å². The number of nitrogens with zero attached hydrogens (tertiary/aromatic N) is 1. The predicted octanol–water partition coefficient (Wildman–Crippen LogP) is 3.22. The van der Waals surface area contributed by atoms with Crippen molar-refractivity contribution in [3.05, 3.63) is 54.4 Å². The van der Waals surface area contributed by atoms with Gasteiger partial charge in [0, 0.05) is 0 Å². The Morgan fingerprint density at radius 1 is 1.12 bits per heavy atom. The van der Waals surface area contributed by atoms with Gasteiger partial charge in [0.05, 0.1) is 23.7 Å². The number of carbonyl (C=O) groups excluding carboxylic acids is 1. The molecule has 1 aromatic heterocycles. The molecular formula is C19H21N3O3. The van der Waals surface area contributed by atoms with Crippen molar-refractivity contribution in [1.82, 2.24) is 15.3 Å². The summed E-state index contributed by atoms with van der Waals surface area (Å²) in [6, 6.07) is 14.7. The second-order valence-corrected chi connectivity index (χ2v) is 5.62. The molecule has 3 aromatic rings. The predicted molar refractivity (Wildman–Crippen MR) is 95.8 cm³/mol. The zero-order valence-electron chi connectivity index (χ0n) is 14.3. The van der Waals surface area contributed by atoms with Gasteiger partial charge in [0.1, 0.15) is 17.3 Å². The van der Waals surface area contributed by atoms with Gasteiger partial charge in [-0.3, -0.25) is 4.79 Å². The number of fused-ring (bicyclic) bond motifs is 1. The summed E-state index contributed by atoms with van der Waals surface area (Å²) >= 11 is 0. The molecule has 0 bridgehead atoms. The lowest BCUT2D eigenvalue weighted by Gasteiger charge is -2.12. The molecule has 2 N–H and O–H groups in total. The van der Waals surface area contributed by atoms with Crippen molar-refractivity contribution in [2.45, 2.75) is 19.9 Å². The van der Waals surface area contributed by atoms with Crippen LogP contribution >= 0.6 is 0 Å². The maximum Gasteiger partial charge on any atom is 0.258 e. The minimum absolute atomic E-state index is 0.0570. The third-order valence-corrected chi connectivity index (χ3v) is 3.70. The first-order valence-corrected chi connectivity index (χ1v) is 8.25. The van der Waals surface area contributed by atoms with E-state index in [4.69, 9.17) is 9.47 Å². The van der Waals surface area contributed by atoms with Gasteiger partial charge in [-0.1, -0.05) is 12.1 Å². The van der Waals surface area contributed by atoms with E-state index in [9.17, 15) is 4.79 Å². The number of nitrogens with one attached hydrogen (secondary N) is 2. The Balaban J connectivity index is 1.53. The largest absolute Gasteiger partial charge is 0.494 e. The van der Waals surface area contributed by atoms with Crippen LogP contribution in [0.25, 0.3) is 11.0 Å². The highest BCUT2D eigenvalue weighted by atomic mass is 16.5. The third-order valence-electron chi connectivity index (χ3n) is 3.70. The fourth-order valence-corrected chi connectivity index (χ4v) is 2.48. The fraction of sp³-hybridized carbons (Fsp3) is 0.263. The monoisotopic (exact) mass is 339 g/mol. The summed E-state index contributed by atoms with van der Waals surface area (Å²) in [4.78, 5) is 19.8. The maximum atomic E-state index is 12.1. The molecule has 0 spiro atoms. The lowest BCUT2D eigenvalue weighted by Crippen LogP contribution is -2.31. The van der Waals surface area contributed by atoms with Crippen LogP contribution in [0.5, 0.6) is 11.5 Å². The standard InChI is InChI=1S/C19H21N3O3/c1-3-24-14-8-10-15(11-9-14)25-12-18(23)20-13(2)19-21-16-6-4-5-7-17(16)22-19/h4-11,13H,3,12H2,1-2H3,(H,20,23)(H,21,22). The molecule has 1 heterocycles. The van der Waals surface area contributed by atoms with Gasteiger partial charge in [-0.05, 0) is 50.2 Å². The molecule has 0 aliphatic heterocycles. The zero-order valence-corrected chi connectivity index (χ0v) is 14.3.